The average Bonchev–Trinajstić information content (AvgIpc) is 2.45. The summed E-state index contributed by atoms with van der Waals surface area (Å²) in [6, 6.07) is 12.2. The largest absolute Gasteiger partial charge is 0.479 e. The van der Waals surface area contributed by atoms with E-state index in [4.69, 9.17) is 5.73 Å². The first kappa shape index (κ1) is 15.1. The number of amides is 1. The zero-order valence-electron chi connectivity index (χ0n) is 10.9. The molecule has 0 radical (unpaired) electrons. The number of carboxylic acids is 1. The molecule has 0 aliphatic rings. The van der Waals surface area contributed by atoms with Crippen molar-refractivity contribution in [3.63, 3.8) is 0 Å². The molecule has 2 aromatic carbocycles. The lowest BCUT2D eigenvalue weighted by atomic mass is 10.1. The Morgan fingerprint density at radius 2 is 1.81 bits per heavy atom. The Hall–Kier alpha value is -2.34. The molecule has 4 N–H and O–H groups in total. The maximum Gasteiger partial charge on any atom is 0.330 e. The predicted molar refractivity (Wildman–Crippen MR) is 82.8 cm³/mol. The number of nitrogen functional groups attached to an aromatic ring is 1. The van der Waals surface area contributed by atoms with Gasteiger partial charge in [0.2, 0.25) is 0 Å². The number of nitrogens with one attached hydrogen (secondary N) is 1. The van der Waals surface area contributed by atoms with Crippen LogP contribution < -0.4 is 11.1 Å². The number of rotatable bonds is 4. The molecule has 0 saturated heterocycles. The van der Waals surface area contributed by atoms with Gasteiger partial charge in [-0.25, -0.2) is 4.79 Å². The molecule has 1 amide bonds. The van der Waals surface area contributed by atoms with Gasteiger partial charge in [-0.2, -0.15) is 0 Å². The number of hydrogen-bond acceptors (Lipinski definition) is 3. The van der Waals surface area contributed by atoms with Crippen molar-refractivity contribution in [1.82, 2.24) is 5.32 Å². The zero-order chi connectivity index (χ0) is 15.4. The first-order valence-corrected chi connectivity index (χ1v) is 6.92. The van der Waals surface area contributed by atoms with Crippen LogP contribution in [0.3, 0.4) is 0 Å². The highest BCUT2D eigenvalue weighted by Crippen LogP contribution is 2.20. The second-order valence-electron chi connectivity index (χ2n) is 4.39. The van der Waals surface area contributed by atoms with E-state index in [0.29, 0.717) is 5.56 Å². The van der Waals surface area contributed by atoms with Gasteiger partial charge in [-0.05, 0) is 23.8 Å². The van der Waals surface area contributed by atoms with Crippen LogP contribution in [0.1, 0.15) is 22.0 Å². The van der Waals surface area contributed by atoms with E-state index in [0.717, 1.165) is 4.47 Å². The molecule has 0 spiro atoms. The summed E-state index contributed by atoms with van der Waals surface area (Å²) >= 11 is 3.25. The van der Waals surface area contributed by atoms with Crippen LogP contribution in [0.2, 0.25) is 0 Å². The summed E-state index contributed by atoms with van der Waals surface area (Å²) < 4.78 is 0.745. The fraction of sp³-hybridized carbons (Fsp3) is 0.0667. The summed E-state index contributed by atoms with van der Waals surface area (Å²) in [6.07, 6.45) is 0. The van der Waals surface area contributed by atoms with Crippen LogP contribution in [0.5, 0.6) is 0 Å². The number of carboxylic acid groups (broad SMARTS) is 1. The third-order valence-corrected chi connectivity index (χ3v) is 3.41. The maximum atomic E-state index is 12.2. The molecule has 0 heterocycles. The summed E-state index contributed by atoms with van der Waals surface area (Å²) in [6.45, 7) is 0. The second-order valence-corrected chi connectivity index (χ2v) is 5.30. The summed E-state index contributed by atoms with van der Waals surface area (Å²) in [5.74, 6) is -1.67. The first-order chi connectivity index (χ1) is 9.99. The number of anilines is 1. The van der Waals surface area contributed by atoms with Crippen LogP contribution >= 0.6 is 15.9 Å². The van der Waals surface area contributed by atoms with E-state index in [2.05, 4.69) is 21.2 Å². The Morgan fingerprint density at radius 1 is 1.14 bits per heavy atom. The minimum absolute atomic E-state index is 0.236. The molecule has 1 atom stereocenters. The van der Waals surface area contributed by atoms with E-state index in [9.17, 15) is 14.7 Å². The monoisotopic (exact) mass is 348 g/mol. The smallest absolute Gasteiger partial charge is 0.330 e. The standard InChI is InChI=1S/C15H13BrN2O3/c16-10-6-7-11(12(17)8-10)14(19)18-13(15(20)21)9-4-2-1-3-5-9/h1-8,13H,17H2,(H,18,19)(H,20,21)/t13-/m0/s1. The zero-order valence-corrected chi connectivity index (χ0v) is 12.5. The molecule has 0 aromatic heterocycles. The Labute approximate surface area is 129 Å². The molecular formula is C15H13BrN2O3. The highest BCUT2D eigenvalue weighted by molar-refractivity contribution is 9.10. The fourth-order valence-corrected chi connectivity index (χ4v) is 2.26. The number of carbonyl (C=O) groups excluding carboxylic acids is 1. The SMILES string of the molecule is Nc1cc(Br)ccc1C(=O)N[C@H](C(=O)O)c1ccccc1. The minimum Gasteiger partial charge on any atom is -0.479 e. The Bertz CT molecular complexity index is 674. The molecule has 2 rings (SSSR count). The third-order valence-electron chi connectivity index (χ3n) is 2.91. The second kappa shape index (κ2) is 6.41. The first-order valence-electron chi connectivity index (χ1n) is 6.12. The lowest BCUT2D eigenvalue weighted by Gasteiger charge is -2.15. The summed E-state index contributed by atoms with van der Waals surface area (Å²) in [5, 5.41) is 11.8. The van der Waals surface area contributed by atoms with Crippen molar-refractivity contribution in [1.29, 1.82) is 0 Å². The molecule has 0 fully saturated rings. The molecule has 0 saturated carbocycles. The molecule has 0 bridgehead atoms. The molecular weight excluding hydrogens is 336 g/mol. The molecule has 2 aromatic rings. The van der Waals surface area contributed by atoms with Crippen LogP contribution in [0.4, 0.5) is 5.69 Å². The number of aliphatic carboxylic acids is 1. The van der Waals surface area contributed by atoms with E-state index in [1.807, 2.05) is 0 Å². The number of carbonyl (C=O) groups is 2. The Kier molecular flexibility index (Phi) is 4.59. The van der Waals surface area contributed by atoms with Gasteiger partial charge in [-0.3, -0.25) is 4.79 Å². The van der Waals surface area contributed by atoms with Gasteiger partial charge in [0.05, 0.1) is 5.56 Å². The van der Waals surface area contributed by atoms with Crippen LogP contribution in [-0.2, 0) is 4.79 Å². The van der Waals surface area contributed by atoms with Crippen LogP contribution in [-0.4, -0.2) is 17.0 Å². The van der Waals surface area contributed by atoms with Crippen molar-refractivity contribution in [2.24, 2.45) is 0 Å². The van der Waals surface area contributed by atoms with Gasteiger partial charge < -0.3 is 16.2 Å². The van der Waals surface area contributed by atoms with Crippen molar-refractivity contribution in [3.8, 4) is 0 Å². The number of halogens is 1. The topological polar surface area (TPSA) is 92.4 Å². The molecule has 0 aliphatic heterocycles. The van der Waals surface area contributed by atoms with Crippen LogP contribution in [0.25, 0.3) is 0 Å². The normalized spacial score (nSPS) is 11.7. The number of benzene rings is 2. The highest BCUT2D eigenvalue weighted by atomic mass is 79.9. The van der Waals surface area contributed by atoms with Gasteiger partial charge in [-0.1, -0.05) is 46.3 Å². The van der Waals surface area contributed by atoms with Crippen molar-refractivity contribution >= 4 is 33.5 Å². The Balaban J connectivity index is 2.25. The predicted octanol–water partition coefficient (Wildman–Crippen LogP) is 2.59. The van der Waals surface area contributed by atoms with E-state index < -0.39 is 17.9 Å². The van der Waals surface area contributed by atoms with Crippen molar-refractivity contribution in [2.75, 3.05) is 5.73 Å². The van der Waals surface area contributed by atoms with Gasteiger partial charge in [-0.15, -0.1) is 0 Å². The van der Waals surface area contributed by atoms with Gasteiger partial charge in [0.25, 0.3) is 5.91 Å². The van der Waals surface area contributed by atoms with Crippen LogP contribution in [0.15, 0.2) is 53.0 Å². The summed E-state index contributed by atoms with van der Waals surface area (Å²) in [5.41, 5.74) is 6.78. The highest BCUT2D eigenvalue weighted by Gasteiger charge is 2.23. The fourth-order valence-electron chi connectivity index (χ4n) is 1.88. The van der Waals surface area contributed by atoms with E-state index in [-0.39, 0.29) is 11.3 Å². The third kappa shape index (κ3) is 3.61. The van der Waals surface area contributed by atoms with E-state index >= 15 is 0 Å². The Morgan fingerprint density at radius 3 is 2.38 bits per heavy atom. The maximum absolute atomic E-state index is 12.2. The summed E-state index contributed by atoms with van der Waals surface area (Å²) in [4.78, 5) is 23.5. The lowest BCUT2D eigenvalue weighted by Crippen LogP contribution is -2.34. The molecule has 21 heavy (non-hydrogen) atoms. The van der Waals surface area contributed by atoms with Gasteiger partial charge >= 0.3 is 5.97 Å². The van der Waals surface area contributed by atoms with Crippen molar-refractivity contribution in [2.45, 2.75) is 6.04 Å². The van der Waals surface area contributed by atoms with Gasteiger partial charge in [0, 0.05) is 10.2 Å². The summed E-state index contributed by atoms with van der Waals surface area (Å²) in [7, 11) is 0. The van der Waals surface area contributed by atoms with E-state index in [1.54, 1.807) is 48.5 Å². The van der Waals surface area contributed by atoms with Gasteiger partial charge in [0.15, 0.2) is 6.04 Å². The van der Waals surface area contributed by atoms with Gasteiger partial charge in [0.1, 0.15) is 0 Å². The quantitative estimate of drug-likeness (QED) is 0.740. The minimum atomic E-state index is -1.13. The van der Waals surface area contributed by atoms with E-state index in [1.165, 1.54) is 0 Å². The van der Waals surface area contributed by atoms with Crippen molar-refractivity contribution < 1.29 is 14.7 Å². The lowest BCUT2D eigenvalue weighted by molar-refractivity contribution is -0.139. The van der Waals surface area contributed by atoms with Crippen LogP contribution in [0, 0.1) is 0 Å². The number of hydrogen-bond donors (Lipinski definition) is 3. The number of nitrogens with two attached hydrogens (primary N) is 1. The molecule has 0 aliphatic carbocycles. The molecule has 0 unspecified atom stereocenters. The van der Waals surface area contributed by atoms with Crippen molar-refractivity contribution in [3.05, 3.63) is 64.1 Å². The average molecular weight is 349 g/mol. The molecule has 5 nitrogen and oxygen atoms in total. The molecule has 108 valence electrons. The molecule has 6 heteroatoms.